The van der Waals surface area contributed by atoms with E-state index in [4.69, 9.17) is 4.74 Å². The van der Waals surface area contributed by atoms with Crippen molar-refractivity contribution in [3.8, 4) is 5.69 Å². The van der Waals surface area contributed by atoms with Crippen LogP contribution in [0.25, 0.3) is 5.69 Å². The third-order valence-corrected chi connectivity index (χ3v) is 5.83. The minimum atomic E-state index is -1.68. The van der Waals surface area contributed by atoms with Gasteiger partial charge in [-0.1, -0.05) is 18.2 Å². The number of carbonyl (C=O) groups excluding carboxylic acids is 2. The van der Waals surface area contributed by atoms with Crippen molar-refractivity contribution in [3.63, 3.8) is 0 Å². The number of esters is 1. The van der Waals surface area contributed by atoms with Crippen molar-refractivity contribution in [1.29, 1.82) is 0 Å². The molecule has 0 fully saturated rings. The number of rotatable bonds is 12. The zero-order valence-corrected chi connectivity index (χ0v) is 22.1. The Hall–Kier alpha value is -3.01. The lowest BCUT2D eigenvalue weighted by atomic mass is 9.82. The molecular weight excluding hydrogens is 470 g/mol. The molecule has 2 aromatic rings. The zero-order chi connectivity index (χ0) is 27.1. The molecule has 1 N–H and O–H groups in total. The molecule has 1 aromatic carbocycles. The molecule has 0 bridgehead atoms. The van der Waals surface area contributed by atoms with E-state index in [1.807, 2.05) is 25.1 Å². The molecule has 0 aliphatic heterocycles. The Kier molecular flexibility index (Phi) is 9.98. The molecule has 0 atom stereocenters. The normalized spacial score (nSPS) is 12.1. The van der Waals surface area contributed by atoms with Crippen molar-refractivity contribution in [2.75, 3.05) is 39.3 Å². The first-order valence-corrected chi connectivity index (χ1v) is 12.0. The molecule has 0 spiro atoms. The monoisotopic (exact) mass is 508 g/mol. The Morgan fingerprint density at radius 1 is 1.08 bits per heavy atom. The number of likely N-dealkylation sites (N-methyl/N-ethyl adjacent to an activating group) is 1. The van der Waals surface area contributed by atoms with E-state index in [9.17, 15) is 23.2 Å². The second kappa shape index (κ2) is 12.3. The van der Waals surface area contributed by atoms with E-state index in [0.29, 0.717) is 24.3 Å². The van der Waals surface area contributed by atoms with Gasteiger partial charge in [0.1, 0.15) is 11.3 Å². The van der Waals surface area contributed by atoms with Gasteiger partial charge in [-0.2, -0.15) is 0 Å². The third kappa shape index (κ3) is 7.74. The summed E-state index contributed by atoms with van der Waals surface area (Å²) < 4.78 is 36.4. The van der Waals surface area contributed by atoms with E-state index < -0.39 is 48.2 Å². The number of nitrogens with one attached hydrogen (secondary N) is 1. The quantitative estimate of drug-likeness (QED) is 0.443. The highest BCUT2D eigenvalue weighted by molar-refractivity contribution is 5.91. The average Bonchev–Trinajstić information content (AvgIpc) is 3.03. The Morgan fingerprint density at radius 3 is 2.22 bits per heavy atom. The first kappa shape index (κ1) is 29.2. The summed E-state index contributed by atoms with van der Waals surface area (Å²) in [7, 11) is 5.52. The fourth-order valence-corrected chi connectivity index (χ4v) is 3.89. The highest BCUT2D eigenvalue weighted by Crippen LogP contribution is 2.31. The molecule has 36 heavy (non-hydrogen) atoms. The minimum absolute atomic E-state index is 0.0759. The number of hydrogen-bond donors (Lipinski definition) is 1. The first-order chi connectivity index (χ1) is 16.8. The van der Waals surface area contributed by atoms with Gasteiger partial charge in [0, 0.05) is 38.3 Å². The summed E-state index contributed by atoms with van der Waals surface area (Å²) in [6.45, 7) is 3.46. The number of aromatic nitrogens is 2. The predicted molar refractivity (Wildman–Crippen MR) is 136 cm³/mol. The molecule has 1 heterocycles. The van der Waals surface area contributed by atoms with Crippen LogP contribution in [0, 0.1) is 5.41 Å². The van der Waals surface area contributed by atoms with E-state index in [1.54, 1.807) is 56.8 Å². The molecule has 0 saturated heterocycles. The van der Waals surface area contributed by atoms with E-state index in [0.717, 1.165) is 0 Å². The Bertz CT molecular complexity index is 1080. The van der Waals surface area contributed by atoms with Crippen LogP contribution in [-0.4, -0.2) is 65.7 Å². The van der Waals surface area contributed by atoms with Gasteiger partial charge in [-0.15, -0.1) is 0 Å². The van der Waals surface area contributed by atoms with Gasteiger partial charge in [0.25, 0.3) is 5.56 Å². The number of benzene rings is 1. The Morgan fingerprint density at radius 2 is 1.69 bits per heavy atom. The molecule has 8 nitrogen and oxygen atoms in total. The molecular formula is C26H38F2N4O4. The van der Waals surface area contributed by atoms with Crippen LogP contribution < -0.4 is 10.9 Å². The number of carbonyl (C=O) groups is 2. The fourth-order valence-electron chi connectivity index (χ4n) is 3.89. The molecule has 0 aliphatic carbocycles. The van der Waals surface area contributed by atoms with Crippen LogP contribution in [0.2, 0.25) is 0 Å². The highest BCUT2D eigenvalue weighted by atomic mass is 19.1. The van der Waals surface area contributed by atoms with E-state index in [-0.39, 0.29) is 18.5 Å². The number of amides is 1. The lowest BCUT2D eigenvalue weighted by Gasteiger charge is -2.27. The van der Waals surface area contributed by atoms with Crippen molar-refractivity contribution in [3.05, 3.63) is 46.4 Å². The number of nitrogens with zero attached hydrogens (tertiary/aromatic N) is 3. The SMILES string of the molecule is CN(C)CCc1c(NC(=O)CC(CF)(CF)CCC(=O)OC(C)(C)C)c(=O)n(-c2ccccc2)n1C. The summed E-state index contributed by atoms with van der Waals surface area (Å²) in [5.74, 6) is -1.28. The zero-order valence-electron chi connectivity index (χ0n) is 22.1. The van der Waals surface area contributed by atoms with Gasteiger partial charge < -0.3 is 15.0 Å². The predicted octanol–water partition coefficient (Wildman–Crippen LogP) is 3.66. The topological polar surface area (TPSA) is 85.6 Å². The van der Waals surface area contributed by atoms with Gasteiger partial charge in [-0.25, -0.2) is 4.68 Å². The summed E-state index contributed by atoms with van der Waals surface area (Å²) in [6.07, 6.45) is -0.475. The average molecular weight is 509 g/mol. The van der Waals surface area contributed by atoms with Gasteiger partial charge in [0.15, 0.2) is 0 Å². The van der Waals surface area contributed by atoms with Crippen LogP contribution in [0.15, 0.2) is 35.1 Å². The van der Waals surface area contributed by atoms with Gasteiger partial charge in [-0.3, -0.25) is 27.8 Å². The van der Waals surface area contributed by atoms with E-state index in [1.165, 1.54) is 4.68 Å². The maximum atomic E-state index is 14.0. The molecule has 200 valence electrons. The second-order valence-corrected chi connectivity index (χ2v) is 10.4. The lowest BCUT2D eigenvalue weighted by Crippen LogP contribution is -2.34. The molecule has 1 amide bonds. The standard InChI is InChI=1S/C26H38F2N4O4/c1-25(2,3)36-22(34)12-14-26(17-27,18-28)16-21(33)29-23-20(13-15-30(4)5)31(6)32(24(23)35)19-10-8-7-9-11-19/h7-11H,12-18H2,1-6H3,(H,29,33). The van der Waals surface area contributed by atoms with Crippen molar-refractivity contribution >= 4 is 17.6 Å². The summed E-state index contributed by atoms with van der Waals surface area (Å²) in [6, 6.07) is 8.98. The van der Waals surface area contributed by atoms with Gasteiger partial charge >= 0.3 is 5.97 Å². The number of anilines is 1. The number of para-hydroxylation sites is 1. The minimum Gasteiger partial charge on any atom is -0.460 e. The summed E-state index contributed by atoms with van der Waals surface area (Å²) in [5, 5.41) is 2.62. The van der Waals surface area contributed by atoms with E-state index >= 15 is 0 Å². The highest BCUT2D eigenvalue weighted by Gasteiger charge is 2.35. The number of ether oxygens (including phenoxy) is 1. The molecule has 0 saturated carbocycles. The van der Waals surface area contributed by atoms with Crippen LogP contribution in [0.3, 0.4) is 0 Å². The van der Waals surface area contributed by atoms with Crippen molar-refractivity contribution in [2.24, 2.45) is 12.5 Å². The van der Waals surface area contributed by atoms with Crippen molar-refractivity contribution in [2.45, 2.75) is 52.1 Å². The second-order valence-electron chi connectivity index (χ2n) is 10.4. The lowest BCUT2D eigenvalue weighted by molar-refractivity contribution is -0.155. The molecule has 0 radical (unpaired) electrons. The molecule has 0 unspecified atom stereocenters. The number of halogens is 2. The van der Waals surface area contributed by atoms with Crippen LogP contribution in [0.1, 0.15) is 45.7 Å². The van der Waals surface area contributed by atoms with Crippen LogP contribution in [0.5, 0.6) is 0 Å². The summed E-state index contributed by atoms with van der Waals surface area (Å²) >= 11 is 0. The summed E-state index contributed by atoms with van der Waals surface area (Å²) in [4.78, 5) is 40.4. The number of hydrogen-bond acceptors (Lipinski definition) is 5. The first-order valence-electron chi connectivity index (χ1n) is 12.0. The largest absolute Gasteiger partial charge is 0.460 e. The molecule has 10 heteroatoms. The smallest absolute Gasteiger partial charge is 0.306 e. The van der Waals surface area contributed by atoms with E-state index in [2.05, 4.69) is 5.32 Å². The maximum Gasteiger partial charge on any atom is 0.306 e. The van der Waals surface area contributed by atoms with Crippen molar-refractivity contribution < 1.29 is 23.1 Å². The van der Waals surface area contributed by atoms with Crippen molar-refractivity contribution in [1.82, 2.24) is 14.3 Å². The van der Waals surface area contributed by atoms with Gasteiger partial charge in [0.2, 0.25) is 5.91 Å². The van der Waals surface area contributed by atoms with Crippen LogP contribution in [-0.2, 0) is 27.8 Å². The fraction of sp³-hybridized carbons (Fsp3) is 0.577. The van der Waals surface area contributed by atoms with Gasteiger partial charge in [0.05, 0.1) is 24.7 Å². The molecule has 2 rings (SSSR count). The van der Waals surface area contributed by atoms with Gasteiger partial charge in [-0.05, 0) is 53.4 Å². The number of alkyl halides is 2. The third-order valence-electron chi connectivity index (χ3n) is 5.83. The molecule has 0 aliphatic rings. The Balaban J connectivity index is 2.30. The maximum absolute atomic E-state index is 14.0. The van der Waals surface area contributed by atoms with Crippen LogP contribution in [0.4, 0.5) is 14.5 Å². The Labute approximate surface area is 211 Å². The summed E-state index contributed by atoms with van der Waals surface area (Å²) in [5.41, 5.74) is -1.56. The van der Waals surface area contributed by atoms with Crippen LogP contribution >= 0.6 is 0 Å². The molecule has 1 aromatic heterocycles.